The highest BCUT2D eigenvalue weighted by molar-refractivity contribution is 6.29. The van der Waals surface area contributed by atoms with Crippen molar-refractivity contribution in [1.82, 2.24) is 15.0 Å². The summed E-state index contributed by atoms with van der Waals surface area (Å²) in [5, 5.41) is 32.8. The quantitative estimate of drug-likeness (QED) is 0.360. The average molecular weight is 557 g/mol. The second kappa shape index (κ2) is 9.84. The number of aliphatic hydroxyl groups excluding tert-OH is 1. The van der Waals surface area contributed by atoms with Crippen LogP contribution in [0.5, 0.6) is 0 Å². The van der Waals surface area contributed by atoms with Crippen LogP contribution in [0.2, 0.25) is 5.15 Å². The van der Waals surface area contributed by atoms with E-state index < -0.39 is 35.9 Å². The molecule has 2 aromatic heterocycles. The molecule has 3 heterocycles. The number of halogens is 3. The van der Waals surface area contributed by atoms with Crippen LogP contribution < -0.4 is 10.2 Å². The summed E-state index contributed by atoms with van der Waals surface area (Å²) in [5.41, 5.74) is 0.847. The fourth-order valence-corrected chi connectivity index (χ4v) is 6.07. The summed E-state index contributed by atoms with van der Waals surface area (Å²) < 4.78 is 30.6. The first kappa shape index (κ1) is 27.0. The summed E-state index contributed by atoms with van der Waals surface area (Å²) in [5.74, 6) is -5.04. The van der Waals surface area contributed by atoms with Gasteiger partial charge in [0.1, 0.15) is 11.2 Å². The molecule has 0 spiro atoms. The molecule has 3 N–H and O–H groups in total. The number of fused-ring (bicyclic) bond motifs is 3. The Labute approximate surface area is 228 Å². The Morgan fingerprint density at radius 1 is 1.33 bits per heavy atom. The van der Waals surface area contributed by atoms with Gasteiger partial charge in [0, 0.05) is 24.6 Å². The third-order valence-corrected chi connectivity index (χ3v) is 8.11. The molecule has 0 radical (unpaired) electrons. The van der Waals surface area contributed by atoms with Crippen LogP contribution in [0.15, 0.2) is 24.3 Å². The van der Waals surface area contributed by atoms with E-state index >= 15 is 8.78 Å². The second-order valence-electron chi connectivity index (χ2n) is 10.5. The number of carboxylic acid groups (broad SMARTS) is 1. The Morgan fingerprint density at radius 3 is 2.79 bits per heavy atom. The fraction of sp³-hybridized carbons (Fsp3) is 0.444. The molecule has 5 rings (SSSR count). The van der Waals surface area contributed by atoms with Crippen molar-refractivity contribution in [3.8, 4) is 6.07 Å². The SMILES string of the molecule is Cc1cc([C@@H](C)Nc2ccc(Cl)nc2C(=O)O)c2nc(N3CC4CCCC(CO)(C3)C4(F)F)c(C#N)nc2c1. The van der Waals surface area contributed by atoms with Crippen molar-refractivity contribution in [2.45, 2.75) is 45.1 Å². The van der Waals surface area contributed by atoms with Gasteiger partial charge in [0.05, 0.1) is 34.8 Å². The molecule has 3 atom stereocenters. The number of hydrogen-bond acceptors (Lipinski definition) is 8. The van der Waals surface area contributed by atoms with Gasteiger partial charge in [-0.25, -0.2) is 28.5 Å². The number of alkyl halides is 2. The van der Waals surface area contributed by atoms with Crippen LogP contribution in [-0.2, 0) is 0 Å². The maximum absolute atomic E-state index is 15.3. The van der Waals surface area contributed by atoms with Gasteiger partial charge in [-0.2, -0.15) is 5.26 Å². The summed E-state index contributed by atoms with van der Waals surface area (Å²) in [6.07, 6.45) is 1.10. The van der Waals surface area contributed by atoms with Crippen molar-refractivity contribution in [3.63, 3.8) is 0 Å². The monoisotopic (exact) mass is 556 g/mol. The molecule has 9 nitrogen and oxygen atoms in total. The van der Waals surface area contributed by atoms with Crippen molar-refractivity contribution in [2.75, 3.05) is 29.9 Å². The van der Waals surface area contributed by atoms with Crippen molar-refractivity contribution >= 4 is 40.1 Å². The Hall–Kier alpha value is -3.62. The van der Waals surface area contributed by atoms with Crippen molar-refractivity contribution in [1.29, 1.82) is 5.26 Å². The molecule has 1 aliphatic heterocycles. The number of benzene rings is 1. The number of hydrogen-bond donors (Lipinski definition) is 3. The lowest BCUT2D eigenvalue weighted by Gasteiger charge is -2.54. The van der Waals surface area contributed by atoms with Gasteiger partial charge >= 0.3 is 5.97 Å². The third kappa shape index (κ3) is 4.51. The largest absolute Gasteiger partial charge is 0.476 e. The predicted octanol–water partition coefficient (Wildman–Crippen LogP) is 4.96. The van der Waals surface area contributed by atoms with Gasteiger partial charge in [-0.05, 0) is 50.5 Å². The van der Waals surface area contributed by atoms with E-state index in [1.165, 1.54) is 12.1 Å². The zero-order valence-corrected chi connectivity index (χ0v) is 22.1. The summed E-state index contributed by atoms with van der Waals surface area (Å²) in [6, 6.07) is 8.26. The Bertz CT molecular complexity index is 1510. The van der Waals surface area contributed by atoms with Crippen LogP contribution in [-0.4, -0.2) is 56.8 Å². The van der Waals surface area contributed by atoms with E-state index in [4.69, 9.17) is 16.6 Å². The fourth-order valence-electron chi connectivity index (χ4n) is 5.92. The Kier molecular flexibility index (Phi) is 6.81. The van der Waals surface area contributed by atoms with E-state index in [-0.39, 0.29) is 47.6 Å². The lowest BCUT2D eigenvalue weighted by molar-refractivity contribution is -0.209. The topological polar surface area (TPSA) is 135 Å². The van der Waals surface area contributed by atoms with Gasteiger partial charge in [-0.15, -0.1) is 0 Å². The van der Waals surface area contributed by atoms with Gasteiger partial charge < -0.3 is 20.4 Å². The molecular weight excluding hydrogens is 530 g/mol. The first-order valence-corrected chi connectivity index (χ1v) is 13.0. The van der Waals surface area contributed by atoms with Crippen LogP contribution >= 0.6 is 11.6 Å². The number of nitriles is 1. The second-order valence-corrected chi connectivity index (χ2v) is 10.8. The van der Waals surface area contributed by atoms with Crippen molar-refractivity contribution in [3.05, 3.63) is 51.9 Å². The van der Waals surface area contributed by atoms with Gasteiger partial charge in [-0.3, -0.25) is 0 Å². The highest BCUT2D eigenvalue weighted by Gasteiger charge is 2.63. The van der Waals surface area contributed by atoms with Gasteiger partial charge in [0.25, 0.3) is 5.92 Å². The van der Waals surface area contributed by atoms with Gasteiger partial charge in [-0.1, -0.05) is 24.1 Å². The van der Waals surface area contributed by atoms with E-state index in [2.05, 4.69) is 21.4 Å². The molecular formula is C27H27ClF2N6O3. The van der Waals surface area contributed by atoms with Crippen molar-refractivity contribution in [2.24, 2.45) is 11.3 Å². The number of nitrogens with zero attached hydrogens (tertiary/aromatic N) is 5. The number of aromatic nitrogens is 3. The van der Waals surface area contributed by atoms with Crippen molar-refractivity contribution < 1.29 is 23.8 Å². The normalized spacial score (nSPS) is 22.8. The molecule has 204 valence electrons. The molecule has 1 aliphatic carbocycles. The molecule has 0 amide bonds. The number of aliphatic hydroxyl groups is 1. The molecule has 3 aromatic rings. The van der Waals surface area contributed by atoms with Crippen LogP contribution in [0.4, 0.5) is 20.3 Å². The smallest absolute Gasteiger partial charge is 0.356 e. The molecule has 12 heteroatoms. The van der Waals surface area contributed by atoms with Gasteiger partial charge in [0.2, 0.25) is 0 Å². The lowest BCUT2D eigenvalue weighted by Crippen LogP contribution is -2.64. The van der Waals surface area contributed by atoms with Crippen LogP contribution in [0, 0.1) is 29.6 Å². The number of rotatable bonds is 6. The molecule has 1 saturated heterocycles. The maximum atomic E-state index is 15.3. The molecule has 2 unspecified atom stereocenters. The predicted molar refractivity (Wildman–Crippen MR) is 141 cm³/mol. The number of anilines is 2. The summed E-state index contributed by atoms with van der Waals surface area (Å²) in [6.45, 7) is 2.87. The van der Waals surface area contributed by atoms with E-state index in [9.17, 15) is 20.3 Å². The van der Waals surface area contributed by atoms with Gasteiger partial charge in [0.15, 0.2) is 17.2 Å². The molecule has 39 heavy (non-hydrogen) atoms. The first-order chi connectivity index (χ1) is 18.5. The summed E-state index contributed by atoms with van der Waals surface area (Å²) in [7, 11) is 0. The standard InChI is InChI=1S/C27H27ClF2N6O3/c1-14-8-17(15(2)32-18-5-6-21(28)34-23(18)25(38)39)22-19(9-14)33-20(10-31)24(35-22)36-11-16-4-3-7-26(12-36,13-37)27(16,29)30/h5-6,8-9,15-16,32,37H,3-4,7,11-13H2,1-2H3,(H,38,39)/t15-,16?,26?/m1/s1. The number of pyridine rings is 1. The number of carboxylic acids is 1. The number of carbonyl (C=O) groups is 1. The number of piperidine rings is 1. The Morgan fingerprint density at radius 2 is 2.10 bits per heavy atom. The number of aryl methyl sites for hydroxylation is 1. The minimum Gasteiger partial charge on any atom is -0.476 e. The number of aromatic carboxylic acids is 1. The average Bonchev–Trinajstić information content (AvgIpc) is 2.88. The zero-order valence-electron chi connectivity index (χ0n) is 21.4. The molecule has 2 aliphatic rings. The number of nitrogens with one attached hydrogen (secondary N) is 1. The van der Waals surface area contributed by atoms with Crippen LogP contribution in [0.25, 0.3) is 11.0 Å². The highest BCUT2D eigenvalue weighted by atomic mass is 35.5. The Balaban J connectivity index is 1.59. The minimum absolute atomic E-state index is 0.00295. The minimum atomic E-state index is -3.03. The molecule has 1 aromatic carbocycles. The lowest BCUT2D eigenvalue weighted by atomic mass is 9.63. The third-order valence-electron chi connectivity index (χ3n) is 7.90. The maximum Gasteiger partial charge on any atom is 0.356 e. The zero-order chi connectivity index (χ0) is 28.1. The summed E-state index contributed by atoms with van der Waals surface area (Å²) in [4.78, 5) is 26.7. The van der Waals surface area contributed by atoms with E-state index in [0.29, 0.717) is 29.4 Å². The molecule has 2 fully saturated rings. The van der Waals surface area contributed by atoms with E-state index in [0.717, 1.165) is 5.56 Å². The van der Waals surface area contributed by atoms with Crippen LogP contribution in [0.3, 0.4) is 0 Å². The van der Waals surface area contributed by atoms with E-state index in [1.54, 1.807) is 11.0 Å². The van der Waals surface area contributed by atoms with E-state index in [1.807, 2.05) is 19.9 Å². The molecule has 2 bridgehead atoms. The summed E-state index contributed by atoms with van der Waals surface area (Å²) >= 11 is 5.89. The molecule has 1 saturated carbocycles. The highest BCUT2D eigenvalue weighted by Crippen LogP contribution is 2.55. The first-order valence-electron chi connectivity index (χ1n) is 12.6. The van der Waals surface area contributed by atoms with Crippen LogP contribution in [0.1, 0.15) is 59.5 Å².